The maximum absolute atomic E-state index is 8.90. The van der Waals surface area contributed by atoms with Gasteiger partial charge in [0, 0.05) is 0 Å². The molecule has 0 spiro atoms. The highest BCUT2D eigenvalue weighted by Crippen LogP contribution is 2.27. The zero-order chi connectivity index (χ0) is 10.6. The third kappa shape index (κ3) is 2.51. The molecule has 0 radical (unpaired) electrons. The molecule has 1 rings (SSSR count). The molecule has 0 aromatic heterocycles. The smallest absolute Gasteiger partial charge is 0.0747 e. The lowest BCUT2D eigenvalue weighted by Gasteiger charge is -2.07. The Hall–Kier alpha value is -0.970. The van der Waals surface area contributed by atoms with Crippen molar-refractivity contribution < 1.29 is 0 Å². The summed E-state index contributed by atoms with van der Waals surface area (Å²) in [7, 11) is 0. The fourth-order valence-electron chi connectivity index (χ4n) is 1.16. The summed E-state index contributed by atoms with van der Waals surface area (Å²) in [5.74, 6) is -0.192. The minimum absolute atomic E-state index is 0.192. The van der Waals surface area contributed by atoms with Gasteiger partial charge in [-0.2, -0.15) is 5.26 Å². The minimum Gasteiger partial charge on any atom is -0.198 e. The van der Waals surface area contributed by atoms with E-state index in [1.807, 2.05) is 6.07 Å². The van der Waals surface area contributed by atoms with Crippen molar-refractivity contribution >= 4 is 23.2 Å². The SMILES string of the molecule is C=CCC(C#N)c1ccc(Cl)c(Cl)c1. The van der Waals surface area contributed by atoms with E-state index in [-0.39, 0.29) is 5.92 Å². The second-order valence-corrected chi connectivity index (χ2v) is 3.69. The van der Waals surface area contributed by atoms with E-state index in [1.54, 1.807) is 18.2 Å². The lowest BCUT2D eigenvalue weighted by molar-refractivity contribution is 0.879. The second kappa shape index (κ2) is 5.05. The first kappa shape index (κ1) is 11.1. The van der Waals surface area contributed by atoms with Crippen LogP contribution in [0.4, 0.5) is 0 Å². The molecule has 0 fully saturated rings. The number of allylic oxidation sites excluding steroid dienone is 1. The zero-order valence-electron chi connectivity index (χ0n) is 7.50. The van der Waals surface area contributed by atoms with Crippen molar-refractivity contribution in [2.75, 3.05) is 0 Å². The molecule has 1 atom stereocenters. The molecular weight excluding hydrogens is 217 g/mol. The molecular formula is C11H9Cl2N. The molecule has 0 aliphatic rings. The Morgan fingerprint density at radius 3 is 2.64 bits per heavy atom. The van der Waals surface area contributed by atoms with Gasteiger partial charge >= 0.3 is 0 Å². The van der Waals surface area contributed by atoms with Crippen LogP contribution in [0.15, 0.2) is 30.9 Å². The van der Waals surface area contributed by atoms with Gasteiger partial charge in [-0.05, 0) is 24.1 Å². The van der Waals surface area contributed by atoms with Gasteiger partial charge in [0.25, 0.3) is 0 Å². The van der Waals surface area contributed by atoms with Gasteiger partial charge < -0.3 is 0 Å². The molecule has 0 saturated heterocycles. The first-order valence-corrected chi connectivity index (χ1v) is 4.90. The topological polar surface area (TPSA) is 23.8 Å². The summed E-state index contributed by atoms with van der Waals surface area (Å²) >= 11 is 11.6. The van der Waals surface area contributed by atoms with Gasteiger partial charge in [0.05, 0.1) is 22.0 Å². The first-order valence-electron chi connectivity index (χ1n) is 4.14. The van der Waals surface area contributed by atoms with Crippen molar-refractivity contribution in [3.63, 3.8) is 0 Å². The van der Waals surface area contributed by atoms with Crippen molar-refractivity contribution in [1.29, 1.82) is 5.26 Å². The quantitative estimate of drug-likeness (QED) is 0.709. The molecule has 14 heavy (non-hydrogen) atoms. The summed E-state index contributed by atoms with van der Waals surface area (Å²) in [4.78, 5) is 0. The monoisotopic (exact) mass is 225 g/mol. The van der Waals surface area contributed by atoms with E-state index in [1.165, 1.54) is 0 Å². The number of halogens is 2. The fourth-order valence-corrected chi connectivity index (χ4v) is 1.47. The number of nitrogens with zero attached hydrogens (tertiary/aromatic N) is 1. The maximum Gasteiger partial charge on any atom is 0.0747 e. The van der Waals surface area contributed by atoms with Crippen molar-refractivity contribution in [2.45, 2.75) is 12.3 Å². The van der Waals surface area contributed by atoms with E-state index in [9.17, 15) is 0 Å². The van der Waals surface area contributed by atoms with Crippen LogP contribution < -0.4 is 0 Å². The highest BCUT2D eigenvalue weighted by Gasteiger charge is 2.09. The lowest BCUT2D eigenvalue weighted by Crippen LogP contribution is -1.93. The molecule has 0 aliphatic heterocycles. The Balaban J connectivity index is 3.00. The molecule has 0 bridgehead atoms. The van der Waals surface area contributed by atoms with Crippen LogP contribution in [0.3, 0.4) is 0 Å². The summed E-state index contributed by atoms with van der Waals surface area (Å²) in [5.41, 5.74) is 0.877. The Morgan fingerprint density at radius 1 is 1.43 bits per heavy atom. The molecule has 1 aromatic carbocycles. The van der Waals surface area contributed by atoms with E-state index in [4.69, 9.17) is 28.5 Å². The predicted octanol–water partition coefficient (Wildman–Crippen LogP) is 4.18. The fraction of sp³-hybridized carbons (Fsp3) is 0.182. The molecule has 0 N–H and O–H groups in total. The van der Waals surface area contributed by atoms with Crippen LogP contribution in [-0.2, 0) is 0 Å². The lowest BCUT2D eigenvalue weighted by atomic mass is 9.97. The van der Waals surface area contributed by atoms with E-state index in [0.29, 0.717) is 16.5 Å². The van der Waals surface area contributed by atoms with Crippen molar-refractivity contribution in [3.8, 4) is 6.07 Å². The number of hydrogen-bond donors (Lipinski definition) is 0. The highest BCUT2D eigenvalue weighted by atomic mass is 35.5. The first-order chi connectivity index (χ1) is 6.69. The van der Waals surface area contributed by atoms with Gasteiger partial charge in [-0.3, -0.25) is 0 Å². The third-order valence-electron chi connectivity index (χ3n) is 1.90. The number of rotatable bonds is 3. The molecule has 72 valence electrons. The Labute approximate surface area is 93.6 Å². The normalized spacial score (nSPS) is 11.8. The van der Waals surface area contributed by atoms with Gasteiger partial charge in [-0.1, -0.05) is 35.3 Å². The van der Waals surface area contributed by atoms with Crippen LogP contribution in [-0.4, -0.2) is 0 Å². The summed E-state index contributed by atoms with van der Waals surface area (Å²) in [5, 5.41) is 9.88. The van der Waals surface area contributed by atoms with E-state index in [2.05, 4.69) is 12.6 Å². The Bertz CT molecular complexity index is 379. The summed E-state index contributed by atoms with van der Waals surface area (Å²) in [6.07, 6.45) is 2.34. The van der Waals surface area contributed by atoms with Gasteiger partial charge in [0.15, 0.2) is 0 Å². The van der Waals surface area contributed by atoms with Crippen molar-refractivity contribution in [2.24, 2.45) is 0 Å². The van der Waals surface area contributed by atoms with Gasteiger partial charge in [0.2, 0.25) is 0 Å². The van der Waals surface area contributed by atoms with Crippen LogP contribution in [0, 0.1) is 11.3 Å². The number of nitriles is 1. The summed E-state index contributed by atoms with van der Waals surface area (Å²) < 4.78 is 0. The van der Waals surface area contributed by atoms with Crippen LogP contribution in [0.1, 0.15) is 17.9 Å². The number of hydrogen-bond acceptors (Lipinski definition) is 1. The highest BCUT2D eigenvalue weighted by molar-refractivity contribution is 6.42. The maximum atomic E-state index is 8.90. The zero-order valence-corrected chi connectivity index (χ0v) is 9.02. The van der Waals surface area contributed by atoms with Crippen LogP contribution >= 0.6 is 23.2 Å². The van der Waals surface area contributed by atoms with E-state index in [0.717, 1.165) is 5.56 Å². The molecule has 0 saturated carbocycles. The third-order valence-corrected chi connectivity index (χ3v) is 2.64. The largest absolute Gasteiger partial charge is 0.198 e. The average molecular weight is 226 g/mol. The average Bonchev–Trinajstić information content (AvgIpc) is 2.19. The van der Waals surface area contributed by atoms with Gasteiger partial charge in [-0.15, -0.1) is 6.58 Å². The minimum atomic E-state index is -0.192. The van der Waals surface area contributed by atoms with Gasteiger partial charge in [0.1, 0.15) is 0 Å². The van der Waals surface area contributed by atoms with Crippen molar-refractivity contribution in [1.82, 2.24) is 0 Å². The molecule has 3 heteroatoms. The van der Waals surface area contributed by atoms with Crippen LogP contribution in [0.2, 0.25) is 10.0 Å². The Morgan fingerprint density at radius 2 is 2.14 bits per heavy atom. The molecule has 0 aliphatic carbocycles. The molecule has 1 aromatic rings. The van der Waals surface area contributed by atoms with Crippen LogP contribution in [0.25, 0.3) is 0 Å². The van der Waals surface area contributed by atoms with Crippen molar-refractivity contribution in [3.05, 3.63) is 46.5 Å². The number of benzene rings is 1. The summed E-state index contributed by atoms with van der Waals surface area (Å²) in [6.45, 7) is 3.60. The van der Waals surface area contributed by atoms with Gasteiger partial charge in [-0.25, -0.2) is 0 Å². The molecule has 1 nitrogen and oxygen atoms in total. The van der Waals surface area contributed by atoms with Crippen LogP contribution in [0.5, 0.6) is 0 Å². The molecule has 0 amide bonds. The Kier molecular flexibility index (Phi) is 4.00. The standard InChI is InChI=1S/C11H9Cl2N/c1-2-3-9(7-14)8-4-5-10(12)11(13)6-8/h2,4-6,9H,1,3H2. The van der Waals surface area contributed by atoms with E-state index < -0.39 is 0 Å². The summed E-state index contributed by atoms with van der Waals surface area (Å²) in [6, 6.07) is 7.43. The van der Waals surface area contributed by atoms with E-state index >= 15 is 0 Å². The second-order valence-electron chi connectivity index (χ2n) is 2.88. The predicted molar refractivity (Wildman–Crippen MR) is 59.6 cm³/mol. The molecule has 1 unspecified atom stereocenters. The molecule has 0 heterocycles.